The Labute approximate surface area is 481 Å². The summed E-state index contributed by atoms with van der Waals surface area (Å²) in [7, 11) is 5.32. The minimum absolute atomic E-state index is 0.00280. The third-order valence-corrected chi connectivity index (χ3v) is 18.3. The number of imide groups is 1. The third-order valence-electron chi connectivity index (χ3n) is 18.3. The molecule has 5 fully saturated rings. The molecule has 1 N–H and O–H groups in total. The molecule has 2 atom stereocenters. The van der Waals surface area contributed by atoms with E-state index < -0.39 is 17.6 Å². The number of methoxy groups -OCH3 is 1. The maximum absolute atomic E-state index is 16.9. The predicted octanol–water partition coefficient (Wildman–Crippen LogP) is 9.01. The number of aryl methyl sites for hydroxylation is 3. The average molecular weight is 1130 g/mol. The van der Waals surface area contributed by atoms with Crippen LogP contribution in [0.5, 0.6) is 6.01 Å². The van der Waals surface area contributed by atoms with Gasteiger partial charge in [0.25, 0.3) is 0 Å². The summed E-state index contributed by atoms with van der Waals surface area (Å²) in [6, 6.07) is 15.0. The molecule has 0 radical (unpaired) electrons. The fraction of sp³-hybridized carbons (Fsp3) is 0.492. The van der Waals surface area contributed by atoms with Gasteiger partial charge in [-0.2, -0.15) is 20.2 Å². The number of hydrogen-bond donors (Lipinski definition) is 1. The van der Waals surface area contributed by atoms with E-state index in [2.05, 4.69) is 49.2 Å². The first-order valence-corrected chi connectivity index (χ1v) is 29.6. The number of anilines is 2. The molecule has 0 spiro atoms. The van der Waals surface area contributed by atoms with Crippen LogP contribution >= 0.6 is 0 Å². The second kappa shape index (κ2) is 23.1. The molecule has 3 aromatic carbocycles. The number of fused-ring (bicyclic) bond motifs is 6. The molecule has 0 saturated carbocycles. The highest BCUT2D eigenvalue weighted by molar-refractivity contribution is 6.04. The summed E-state index contributed by atoms with van der Waals surface area (Å²) >= 11 is 0. The fourth-order valence-electron chi connectivity index (χ4n) is 14.2. The number of halogens is 2. The summed E-state index contributed by atoms with van der Waals surface area (Å²) in [5, 5.41) is 14.8. The van der Waals surface area contributed by atoms with Crippen molar-refractivity contribution in [2.75, 3.05) is 76.0 Å². The fourth-order valence-corrected chi connectivity index (χ4v) is 14.2. The predicted molar refractivity (Wildman–Crippen MR) is 312 cm³/mol. The quantitative estimate of drug-likeness (QED) is 0.118. The van der Waals surface area contributed by atoms with E-state index in [-0.39, 0.29) is 52.3 Å². The molecule has 2 unspecified atom stereocenters. The van der Waals surface area contributed by atoms with Crippen molar-refractivity contribution in [3.8, 4) is 29.6 Å². The molecule has 7 aliphatic heterocycles. The Balaban J connectivity index is 0.000000160. The maximum atomic E-state index is 16.9. The summed E-state index contributed by atoms with van der Waals surface area (Å²) < 4.78 is 52.9. The molecule has 7 aliphatic rings. The highest BCUT2D eigenvalue weighted by Gasteiger charge is 2.45. The minimum Gasteiger partial charge on any atom is -0.461 e. The molecular weight excluding hydrogens is 1060 g/mol. The SMILES string of the molecule is C#Cc1c(F)ccc2cccc(-c3nc4c5c(nc(OCC67CCCN6CCC7)nc5c3F)N3CCCOCC3CC4)c12.CC.COC(=O)N1CCc2c(c(C3CCN(c4ccc5c(C6CCC(=O)NC6=O)nn(C)c5c4)CC3)nn2C)C1. The zero-order valence-electron chi connectivity index (χ0n) is 48.1. The van der Waals surface area contributed by atoms with Gasteiger partial charge in [-0.15, -0.1) is 6.42 Å². The Kier molecular flexibility index (Phi) is 15.5. The zero-order valence-corrected chi connectivity index (χ0v) is 48.1. The third kappa shape index (κ3) is 10.2. The molecule has 14 rings (SSSR count). The molecule has 11 heterocycles. The van der Waals surface area contributed by atoms with Gasteiger partial charge in [0.15, 0.2) is 5.82 Å². The van der Waals surface area contributed by atoms with Crippen molar-refractivity contribution in [3.05, 3.63) is 94.1 Å². The highest BCUT2D eigenvalue weighted by atomic mass is 19.1. The lowest BCUT2D eigenvalue weighted by atomic mass is 9.89. The van der Waals surface area contributed by atoms with Crippen molar-refractivity contribution >= 4 is 62.0 Å². The van der Waals surface area contributed by atoms with Gasteiger partial charge in [0.2, 0.25) is 11.8 Å². The number of amides is 3. The molecule has 20 heteroatoms. The van der Waals surface area contributed by atoms with Gasteiger partial charge in [0.05, 0.1) is 71.3 Å². The van der Waals surface area contributed by atoms with E-state index in [0.717, 1.165) is 118 Å². The summed E-state index contributed by atoms with van der Waals surface area (Å²) in [5.74, 6) is 1.48. The molecule has 0 aliphatic carbocycles. The summed E-state index contributed by atoms with van der Waals surface area (Å²) in [5.41, 5.74) is 7.89. The Morgan fingerprint density at radius 1 is 0.867 bits per heavy atom. The number of nitrogens with zero attached hydrogens (tertiary/aromatic N) is 11. The van der Waals surface area contributed by atoms with Crippen LogP contribution in [-0.2, 0) is 52.5 Å². The smallest absolute Gasteiger partial charge is 0.409 e. The number of rotatable bonds is 7. The van der Waals surface area contributed by atoms with Gasteiger partial charge in [-0.25, -0.2) is 18.6 Å². The van der Waals surface area contributed by atoms with Gasteiger partial charge < -0.3 is 28.9 Å². The first kappa shape index (κ1) is 55.8. The van der Waals surface area contributed by atoms with Crippen molar-refractivity contribution in [1.82, 2.24) is 49.6 Å². The van der Waals surface area contributed by atoms with Crippen molar-refractivity contribution in [2.45, 2.75) is 121 Å². The van der Waals surface area contributed by atoms with Crippen LogP contribution in [0.2, 0.25) is 0 Å². The van der Waals surface area contributed by atoms with Gasteiger partial charge >= 0.3 is 12.1 Å². The van der Waals surface area contributed by atoms with Crippen LogP contribution in [0.15, 0.2) is 48.5 Å². The zero-order chi connectivity index (χ0) is 57.7. The van der Waals surface area contributed by atoms with Crippen LogP contribution in [0.25, 0.3) is 43.8 Å². The Bertz CT molecular complexity index is 3710. The monoisotopic (exact) mass is 1130 g/mol. The highest BCUT2D eigenvalue weighted by Crippen LogP contribution is 2.44. The molecule has 18 nitrogen and oxygen atoms in total. The number of benzene rings is 3. The number of piperidine rings is 2. The Hall–Kier alpha value is -7.76. The lowest BCUT2D eigenvalue weighted by Crippen LogP contribution is -2.43. The molecule has 0 bridgehead atoms. The number of aromatic nitrogens is 7. The lowest BCUT2D eigenvalue weighted by Gasteiger charge is -2.34. The van der Waals surface area contributed by atoms with E-state index >= 15 is 4.39 Å². The summed E-state index contributed by atoms with van der Waals surface area (Å²) in [6.45, 7) is 11.6. The van der Waals surface area contributed by atoms with E-state index in [1.807, 2.05) is 49.4 Å². The van der Waals surface area contributed by atoms with E-state index in [1.54, 1.807) is 17.0 Å². The van der Waals surface area contributed by atoms with E-state index in [9.17, 15) is 18.8 Å². The van der Waals surface area contributed by atoms with Crippen LogP contribution in [0, 0.1) is 24.0 Å². The Morgan fingerprint density at radius 2 is 1.66 bits per heavy atom. The van der Waals surface area contributed by atoms with Crippen molar-refractivity contribution in [3.63, 3.8) is 0 Å². The Morgan fingerprint density at radius 3 is 2.43 bits per heavy atom. The molecule has 7 aromatic rings. The van der Waals surface area contributed by atoms with Crippen molar-refractivity contribution < 1.29 is 37.4 Å². The van der Waals surface area contributed by atoms with Crippen LogP contribution in [0.3, 0.4) is 0 Å². The first-order valence-electron chi connectivity index (χ1n) is 29.6. The van der Waals surface area contributed by atoms with E-state index in [4.69, 9.17) is 40.7 Å². The summed E-state index contributed by atoms with van der Waals surface area (Å²) in [4.78, 5) is 59.7. The van der Waals surface area contributed by atoms with Gasteiger partial charge in [0.1, 0.15) is 29.5 Å². The number of terminal acetylenes is 1. The topological polar surface area (TPSA) is 178 Å². The number of carbonyl (C=O) groups is 3. The van der Waals surface area contributed by atoms with Gasteiger partial charge in [-0.3, -0.25) is 29.2 Å². The average Bonchev–Trinajstić information content (AvgIpc) is 4.33. The number of ether oxygens (including phenoxy) is 3. The van der Waals surface area contributed by atoms with Gasteiger partial charge in [-0.1, -0.05) is 44.0 Å². The van der Waals surface area contributed by atoms with Crippen LogP contribution in [0.4, 0.5) is 25.1 Å². The number of hydrogen-bond acceptors (Lipinski definition) is 14. The van der Waals surface area contributed by atoms with Crippen LogP contribution in [-0.4, -0.2) is 140 Å². The van der Waals surface area contributed by atoms with E-state index in [0.29, 0.717) is 91.3 Å². The van der Waals surface area contributed by atoms with Crippen molar-refractivity contribution in [2.24, 2.45) is 14.1 Å². The molecule has 3 amide bonds. The summed E-state index contributed by atoms with van der Waals surface area (Å²) in [6.07, 6.45) is 15.7. The lowest BCUT2D eigenvalue weighted by molar-refractivity contribution is -0.134. The van der Waals surface area contributed by atoms with Gasteiger partial charge in [-0.05, 0) is 107 Å². The minimum atomic E-state index is -0.585. The number of pyridine rings is 1. The van der Waals surface area contributed by atoms with Crippen LogP contribution < -0.4 is 19.9 Å². The molecule has 83 heavy (non-hydrogen) atoms. The second-order valence-corrected chi connectivity index (χ2v) is 22.8. The number of nitrogens with one attached hydrogen (secondary N) is 1. The maximum Gasteiger partial charge on any atom is 0.409 e. The molecule has 434 valence electrons. The standard InChI is InChI=1S/C34H33F2N5O2.C27H33N7O4.C2H6/c1-2-23-25(35)11-9-21-7-3-8-24(27(21)23)30-29(36)31-28-26(37-30)12-10-22-19-42-18-6-17-41(22)32(28)39-33(38-31)43-20-34-13-4-15-40(34)16-5-14-34;1-31-21-10-13-34(27(37)38-3)15-20(21)24(29-31)16-8-11-33(12-9-16)17-4-5-18-22(14-17)32(2)30-25(18)19-6-7-23(35)28-26(19)36;1-2/h1,3,7-9,11,22H,4-6,10,12-20H2;4-5,14,16,19H,6-13,15H2,1-3H3,(H,28,35,36);1-2H3. The number of carbonyl (C=O) groups excluding carboxylic acids is 3. The van der Waals surface area contributed by atoms with Crippen LogP contribution in [0.1, 0.15) is 124 Å². The molecule has 5 saturated heterocycles. The molecular formula is C63H72F2N12O6. The van der Waals surface area contributed by atoms with Crippen molar-refractivity contribution in [1.29, 1.82) is 0 Å². The normalized spacial score (nSPS) is 20.5. The first-order chi connectivity index (χ1) is 40.4. The largest absolute Gasteiger partial charge is 0.461 e. The van der Waals surface area contributed by atoms with Gasteiger partial charge in [0, 0.05) is 98.9 Å². The second-order valence-electron chi connectivity index (χ2n) is 22.8. The molecule has 4 aromatic heterocycles. The van der Waals surface area contributed by atoms with E-state index in [1.165, 1.54) is 24.4 Å².